The Bertz CT molecular complexity index is 155. The highest BCUT2D eigenvalue weighted by molar-refractivity contribution is 5.04. The van der Waals surface area contributed by atoms with Gasteiger partial charge >= 0.3 is 0 Å². The molecule has 1 fully saturated rings. The van der Waals surface area contributed by atoms with Crippen LogP contribution in [0.2, 0.25) is 0 Å². The van der Waals surface area contributed by atoms with Crippen molar-refractivity contribution in [1.82, 2.24) is 4.90 Å². The molecule has 62 valence electrons. The lowest BCUT2D eigenvalue weighted by atomic mass is 9.98. The molecular formula is C10H17N. The van der Waals surface area contributed by atoms with Gasteiger partial charge in [-0.05, 0) is 33.0 Å². The quantitative estimate of drug-likeness (QED) is 0.477. The second-order valence-electron chi connectivity index (χ2n) is 3.25. The van der Waals surface area contributed by atoms with Crippen molar-refractivity contribution >= 4 is 0 Å². The second kappa shape index (κ2) is 4.41. The maximum Gasteiger partial charge on any atom is 0.0227 e. The molecule has 0 aromatic heterocycles. The topological polar surface area (TPSA) is 3.24 Å². The van der Waals surface area contributed by atoms with Crippen LogP contribution in [0.3, 0.4) is 0 Å². The fraction of sp³-hybridized carbons (Fsp3) is 0.800. The van der Waals surface area contributed by atoms with Crippen molar-refractivity contribution in [2.24, 2.45) is 5.92 Å². The van der Waals surface area contributed by atoms with E-state index in [1.54, 1.807) is 0 Å². The lowest BCUT2D eigenvalue weighted by Crippen LogP contribution is -2.29. The Hall–Kier alpha value is -0.480. The molecule has 0 aliphatic carbocycles. The average molecular weight is 151 g/mol. The van der Waals surface area contributed by atoms with Crippen LogP contribution in [0.1, 0.15) is 26.2 Å². The van der Waals surface area contributed by atoms with Gasteiger partial charge in [-0.15, -0.1) is 5.92 Å². The zero-order chi connectivity index (χ0) is 8.10. The van der Waals surface area contributed by atoms with Crippen LogP contribution in [0.5, 0.6) is 0 Å². The van der Waals surface area contributed by atoms with E-state index in [1.165, 1.54) is 25.9 Å². The first kappa shape index (κ1) is 8.62. The summed E-state index contributed by atoms with van der Waals surface area (Å²) in [5.74, 6) is 7.17. The van der Waals surface area contributed by atoms with Gasteiger partial charge in [0.1, 0.15) is 0 Å². The van der Waals surface area contributed by atoms with E-state index in [9.17, 15) is 0 Å². The molecule has 0 aromatic carbocycles. The van der Waals surface area contributed by atoms with Crippen molar-refractivity contribution in [3.8, 4) is 11.8 Å². The van der Waals surface area contributed by atoms with Crippen molar-refractivity contribution in [3.63, 3.8) is 0 Å². The Morgan fingerprint density at radius 2 is 2.00 bits per heavy atom. The summed E-state index contributed by atoms with van der Waals surface area (Å²) in [5, 5.41) is 0. The molecule has 1 rings (SSSR count). The van der Waals surface area contributed by atoms with Gasteiger partial charge in [-0.3, -0.25) is 0 Å². The molecule has 1 aliphatic heterocycles. The van der Waals surface area contributed by atoms with Crippen molar-refractivity contribution in [1.29, 1.82) is 0 Å². The highest BCUT2D eigenvalue weighted by Gasteiger charge is 2.13. The van der Waals surface area contributed by atoms with Crippen LogP contribution in [0.25, 0.3) is 0 Å². The minimum Gasteiger partial charge on any atom is -0.306 e. The summed E-state index contributed by atoms with van der Waals surface area (Å²) in [5.41, 5.74) is 0. The Kier molecular flexibility index (Phi) is 3.45. The normalized spacial score (nSPS) is 20.9. The fourth-order valence-corrected chi connectivity index (χ4v) is 1.40. The highest BCUT2D eigenvalue weighted by atomic mass is 15.1. The predicted octanol–water partition coefficient (Wildman–Crippen LogP) is 1.74. The third-order valence-electron chi connectivity index (χ3n) is 2.20. The van der Waals surface area contributed by atoms with E-state index in [1.807, 2.05) is 0 Å². The fourth-order valence-electron chi connectivity index (χ4n) is 1.40. The molecule has 0 atom stereocenters. The van der Waals surface area contributed by atoms with Gasteiger partial charge in [0.2, 0.25) is 0 Å². The summed E-state index contributed by atoms with van der Waals surface area (Å²) in [6.45, 7) is 4.56. The van der Waals surface area contributed by atoms with E-state index < -0.39 is 0 Å². The molecule has 0 saturated carbocycles. The first-order valence-electron chi connectivity index (χ1n) is 4.50. The maximum atomic E-state index is 3.32. The van der Waals surface area contributed by atoms with Gasteiger partial charge in [-0.2, -0.15) is 0 Å². The van der Waals surface area contributed by atoms with E-state index in [-0.39, 0.29) is 0 Å². The minimum absolute atomic E-state index is 0.686. The molecular weight excluding hydrogens is 134 g/mol. The zero-order valence-corrected chi connectivity index (χ0v) is 7.56. The van der Waals surface area contributed by atoms with Crippen molar-refractivity contribution in [2.75, 3.05) is 20.1 Å². The van der Waals surface area contributed by atoms with Crippen LogP contribution in [0.4, 0.5) is 0 Å². The number of nitrogens with zero attached hydrogens (tertiary/aromatic N) is 1. The standard InChI is InChI=1S/C10H17N/c1-3-4-5-10-6-8-11(2)9-7-10/h10H,3,6-9H2,1-2H3. The minimum atomic E-state index is 0.686. The summed E-state index contributed by atoms with van der Waals surface area (Å²) in [6, 6.07) is 0. The maximum absolute atomic E-state index is 3.32. The first-order valence-corrected chi connectivity index (χ1v) is 4.50. The van der Waals surface area contributed by atoms with Crippen LogP contribution < -0.4 is 0 Å². The smallest absolute Gasteiger partial charge is 0.0227 e. The Morgan fingerprint density at radius 1 is 1.36 bits per heavy atom. The molecule has 1 nitrogen and oxygen atoms in total. The molecule has 1 aliphatic rings. The molecule has 0 bridgehead atoms. The monoisotopic (exact) mass is 151 g/mol. The van der Waals surface area contributed by atoms with Crippen LogP contribution in [0.15, 0.2) is 0 Å². The van der Waals surface area contributed by atoms with Crippen molar-refractivity contribution in [3.05, 3.63) is 0 Å². The first-order chi connectivity index (χ1) is 5.33. The van der Waals surface area contributed by atoms with Crippen LogP contribution >= 0.6 is 0 Å². The van der Waals surface area contributed by atoms with Gasteiger partial charge < -0.3 is 4.90 Å². The van der Waals surface area contributed by atoms with E-state index >= 15 is 0 Å². The third kappa shape index (κ3) is 2.95. The number of likely N-dealkylation sites (tertiary alicyclic amines) is 1. The molecule has 0 aromatic rings. The summed E-state index contributed by atoms with van der Waals surface area (Å²) in [4.78, 5) is 2.38. The van der Waals surface area contributed by atoms with Crippen molar-refractivity contribution < 1.29 is 0 Å². The Labute approximate surface area is 69.8 Å². The van der Waals surface area contributed by atoms with Crippen LogP contribution in [0, 0.1) is 17.8 Å². The molecule has 11 heavy (non-hydrogen) atoms. The Balaban J connectivity index is 2.28. The third-order valence-corrected chi connectivity index (χ3v) is 2.20. The lowest BCUT2D eigenvalue weighted by molar-refractivity contribution is 0.248. The molecule has 0 spiro atoms. The van der Waals surface area contributed by atoms with Crippen LogP contribution in [-0.2, 0) is 0 Å². The molecule has 1 heterocycles. The number of piperidine rings is 1. The largest absolute Gasteiger partial charge is 0.306 e. The van der Waals surface area contributed by atoms with Gasteiger partial charge in [0.05, 0.1) is 0 Å². The van der Waals surface area contributed by atoms with Gasteiger partial charge in [0.15, 0.2) is 0 Å². The number of hydrogen-bond acceptors (Lipinski definition) is 1. The second-order valence-corrected chi connectivity index (χ2v) is 3.25. The summed E-state index contributed by atoms with van der Waals surface area (Å²) < 4.78 is 0. The molecule has 1 saturated heterocycles. The van der Waals surface area contributed by atoms with E-state index in [2.05, 4.69) is 30.7 Å². The van der Waals surface area contributed by atoms with Gasteiger partial charge in [0.25, 0.3) is 0 Å². The molecule has 0 unspecified atom stereocenters. The van der Waals surface area contributed by atoms with Gasteiger partial charge in [-0.1, -0.05) is 12.8 Å². The molecule has 1 heteroatoms. The van der Waals surface area contributed by atoms with Gasteiger partial charge in [-0.25, -0.2) is 0 Å². The molecule has 0 radical (unpaired) electrons. The highest BCUT2D eigenvalue weighted by Crippen LogP contribution is 2.14. The van der Waals surface area contributed by atoms with E-state index in [4.69, 9.17) is 0 Å². The SMILES string of the molecule is CCC#CC1CCN(C)CC1. The molecule has 0 amide bonds. The average Bonchev–Trinajstić information content (AvgIpc) is 2.04. The van der Waals surface area contributed by atoms with E-state index in [0.717, 1.165) is 6.42 Å². The zero-order valence-electron chi connectivity index (χ0n) is 7.56. The lowest BCUT2D eigenvalue weighted by Gasteiger charge is -2.25. The summed E-state index contributed by atoms with van der Waals surface area (Å²) in [6.07, 6.45) is 3.54. The van der Waals surface area contributed by atoms with Crippen LogP contribution in [-0.4, -0.2) is 25.0 Å². The number of rotatable bonds is 0. The summed E-state index contributed by atoms with van der Waals surface area (Å²) >= 11 is 0. The van der Waals surface area contributed by atoms with Crippen molar-refractivity contribution in [2.45, 2.75) is 26.2 Å². The molecule has 0 N–H and O–H groups in total. The van der Waals surface area contributed by atoms with E-state index in [0.29, 0.717) is 5.92 Å². The van der Waals surface area contributed by atoms with Gasteiger partial charge in [0, 0.05) is 12.3 Å². The Morgan fingerprint density at radius 3 is 2.55 bits per heavy atom. The summed E-state index contributed by atoms with van der Waals surface area (Å²) in [7, 11) is 2.18. The number of hydrogen-bond donors (Lipinski definition) is 0. The predicted molar refractivity (Wildman–Crippen MR) is 48.3 cm³/mol.